The van der Waals surface area contributed by atoms with Crippen molar-refractivity contribution in [1.29, 1.82) is 0 Å². The number of unbranched alkanes of at least 4 members (excludes halogenated alkanes) is 5. The molecule has 0 aromatic rings. The van der Waals surface area contributed by atoms with Crippen LogP contribution in [-0.2, 0) is 4.79 Å². The molecule has 4 nitrogen and oxygen atoms in total. The number of rotatable bonds is 12. The highest BCUT2D eigenvalue weighted by atomic mass is 16.1. The molecule has 2 atom stereocenters. The fourth-order valence-corrected chi connectivity index (χ4v) is 3.69. The van der Waals surface area contributed by atoms with Gasteiger partial charge in [0, 0.05) is 20.3 Å². The summed E-state index contributed by atoms with van der Waals surface area (Å²) in [6.45, 7) is 11.0. The number of aliphatic imine (C=N–C) groups is 1. The second-order valence-corrected chi connectivity index (χ2v) is 6.96. The Hall–Kier alpha value is -1.16. The van der Waals surface area contributed by atoms with Crippen LogP contribution in [0.3, 0.4) is 0 Å². The summed E-state index contributed by atoms with van der Waals surface area (Å²) < 4.78 is 0.824. The van der Waals surface area contributed by atoms with E-state index in [1.807, 2.05) is 0 Å². The van der Waals surface area contributed by atoms with Gasteiger partial charge in [-0.15, -0.1) is 0 Å². The number of hydrogen-bond acceptors (Lipinski definition) is 2. The van der Waals surface area contributed by atoms with Gasteiger partial charge in [0.05, 0.1) is 13.1 Å². The van der Waals surface area contributed by atoms with Crippen LogP contribution in [0, 0.1) is 0 Å². The third-order valence-electron chi connectivity index (χ3n) is 5.20. The van der Waals surface area contributed by atoms with Crippen LogP contribution in [-0.4, -0.2) is 42.0 Å². The highest BCUT2D eigenvalue weighted by Crippen LogP contribution is 2.22. The summed E-state index contributed by atoms with van der Waals surface area (Å²) in [7, 11) is 0. The average Bonchev–Trinajstić information content (AvgIpc) is 2.97. The molecule has 0 aromatic carbocycles. The van der Waals surface area contributed by atoms with Gasteiger partial charge in [0.2, 0.25) is 5.91 Å². The third kappa shape index (κ3) is 6.39. The Kier molecular flexibility index (Phi) is 9.92. The third-order valence-corrected chi connectivity index (χ3v) is 5.20. The molecule has 1 aliphatic heterocycles. The lowest BCUT2D eigenvalue weighted by molar-refractivity contribution is -0.861. The van der Waals surface area contributed by atoms with E-state index in [-0.39, 0.29) is 12.1 Å². The fraction of sp³-hybridized carbons (Fsp3) is 0.800. The van der Waals surface area contributed by atoms with Gasteiger partial charge < -0.3 is 5.32 Å². The largest absolute Gasteiger partial charge is 0.307 e. The van der Waals surface area contributed by atoms with Crippen LogP contribution in [0.5, 0.6) is 0 Å². The monoisotopic (exact) mass is 336 g/mol. The minimum Gasteiger partial charge on any atom is -0.307 e. The van der Waals surface area contributed by atoms with Crippen LogP contribution in [0.2, 0.25) is 0 Å². The van der Waals surface area contributed by atoms with E-state index in [2.05, 4.69) is 38.2 Å². The maximum Gasteiger partial charge on any atom is 0.221 e. The van der Waals surface area contributed by atoms with E-state index in [4.69, 9.17) is 4.99 Å². The van der Waals surface area contributed by atoms with Crippen molar-refractivity contribution in [2.75, 3.05) is 19.6 Å². The predicted molar refractivity (Wildman–Crippen MR) is 103 cm³/mol. The molecule has 0 spiro atoms. The summed E-state index contributed by atoms with van der Waals surface area (Å²) in [5.74, 6) is 1.30. The maximum absolute atomic E-state index is 11.4. The lowest BCUT2D eigenvalue weighted by atomic mass is 10.1. The molecule has 1 N–H and O–H groups in total. The first-order chi connectivity index (χ1) is 11.6. The van der Waals surface area contributed by atoms with Crippen molar-refractivity contribution in [1.82, 2.24) is 5.32 Å². The molecule has 24 heavy (non-hydrogen) atoms. The Balaban J connectivity index is 2.38. The van der Waals surface area contributed by atoms with Crippen molar-refractivity contribution >= 4 is 11.7 Å². The predicted octanol–water partition coefficient (Wildman–Crippen LogP) is 4.41. The molecule has 0 aromatic heterocycles. The van der Waals surface area contributed by atoms with E-state index in [1.54, 1.807) is 6.92 Å². The van der Waals surface area contributed by atoms with Gasteiger partial charge in [0.1, 0.15) is 6.54 Å². The van der Waals surface area contributed by atoms with Crippen molar-refractivity contribution in [3.8, 4) is 0 Å². The molecular formula is C20H38N3O+. The Bertz CT molecular complexity index is 431. The van der Waals surface area contributed by atoms with E-state index in [0.717, 1.165) is 37.0 Å². The zero-order valence-electron chi connectivity index (χ0n) is 16.3. The number of quaternary nitrogens is 1. The number of carbonyl (C=O) groups is 1. The quantitative estimate of drug-likeness (QED) is 0.320. The molecule has 0 saturated carbocycles. The first-order valence-corrected chi connectivity index (χ1v) is 9.89. The fourth-order valence-electron chi connectivity index (χ4n) is 3.69. The van der Waals surface area contributed by atoms with E-state index >= 15 is 0 Å². The molecule has 138 valence electrons. The van der Waals surface area contributed by atoms with Crippen LogP contribution in [0.15, 0.2) is 17.1 Å². The highest BCUT2D eigenvalue weighted by molar-refractivity contribution is 5.78. The molecule has 1 aliphatic rings. The van der Waals surface area contributed by atoms with Gasteiger partial charge in [0.25, 0.3) is 0 Å². The zero-order chi connectivity index (χ0) is 17.8. The van der Waals surface area contributed by atoms with E-state index in [1.165, 1.54) is 44.4 Å². The summed E-state index contributed by atoms with van der Waals surface area (Å²) in [4.78, 5) is 16.2. The second-order valence-electron chi connectivity index (χ2n) is 6.96. The van der Waals surface area contributed by atoms with Gasteiger partial charge in [-0.05, 0) is 26.2 Å². The van der Waals surface area contributed by atoms with Crippen LogP contribution in [0.25, 0.3) is 0 Å². The normalized spacial score (nSPS) is 21.9. The number of likely N-dealkylation sites (N-methyl/N-ethyl adjacent to an activating group) is 1. The Morgan fingerprint density at radius 1 is 1.21 bits per heavy atom. The van der Waals surface area contributed by atoms with Crippen molar-refractivity contribution in [2.24, 2.45) is 4.99 Å². The second kappa shape index (κ2) is 11.4. The number of hydrogen-bond donors (Lipinski definition) is 1. The number of carbonyl (C=O) groups excluding carboxylic acids is 1. The smallest absolute Gasteiger partial charge is 0.221 e. The molecule has 4 heteroatoms. The molecule has 1 amide bonds. The van der Waals surface area contributed by atoms with Crippen molar-refractivity contribution in [3.05, 3.63) is 12.2 Å². The summed E-state index contributed by atoms with van der Waals surface area (Å²) >= 11 is 0. The topological polar surface area (TPSA) is 41.5 Å². The van der Waals surface area contributed by atoms with Crippen molar-refractivity contribution < 1.29 is 9.28 Å². The minimum absolute atomic E-state index is 0.0441. The summed E-state index contributed by atoms with van der Waals surface area (Å²) in [6, 6.07) is 0. The Morgan fingerprint density at radius 3 is 2.58 bits per heavy atom. The SMILES string of the molecule is CCCCCCC/C=C/CCC1=NCC[N+]1(CC)C(C)NC(C)=O. The lowest BCUT2D eigenvalue weighted by Crippen LogP contribution is -2.62. The summed E-state index contributed by atoms with van der Waals surface area (Å²) in [5.41, 5.74) is 0. The summed E-state index contributed by atoms with van der Waals surface area (Å²) in [6.07, 6.45) is 14.7. The number of nitrogens with one attached hydrogen (secondary N) is 1. The zero-order valence-corrected chi connectivity index (χ0v) is 16.3. The number of nitrogens with zero attached hydrogens (tertiary/aromatic N) is 2. The number of amides is 1. The standard InChI is InChI=1S/C20H37N3O/c1-5-7-8-9-10-11-12-13-14-15-20-21-16-17-23(20,6-2)18(3)22-19(4)24/h12-13,18H,5-11,14-17H2,1-4H3/p+1/b13-12+. The van der Waals surface area contributed by atoms with Crippen LogP contribution in [0.1, 0.15) is 79.1 Å². The number of amidine groups is 1. The molecule has 0 fully saturated rings. The molecule has 0 saturated heterocycles. The maximum atomic E-state index is 11.4. The molecule has 1 heterocycles. The molecular weight excluding hydrogens is 298 g/mol. The van der Waals surface area contributed by atoms with E-state index in [0.29, 0.717) is 0 Å². The molecule has 2 unspecified atom stereocenters. The Labute approximate surface area is 149 Å². The molecule has 0 bridgehead atoms. The van der Waals surface area contributed by atoms with Gasteiger partial charge in [-0.2, -0.15) is 0 Å². The van der Waals surface area contributed by atoms with Crippen LogP contribution in [0.4, 0.5) is 0 Å². The van der Waals surface area contributed by atoms with Gasteiger partial charge in [-0.1, -0.05) is 44.8 Å². The first kappa shape index (κ1) is 20.9. The van der Waals surface area contributed by atoms with E-state index in [9.17, 15) is 4.79 Å². The van der Waals surface area contributed by atoms with Gasteiger partial charge >= 0.3 is 0 Å². The van der Waals surface area contributed by atoms with Crippen LogP contribution < -0.4 is 5.32 Å². The highest BCUT2D eigenvalue weighted by Gasteiger charge is 2.41. The van der Waals surface area contributed by atoms with Crippen molar-refractivity contribution in [2.45, 2.75) is 85.2 Å². The van der Waals surface area contributed by atoms with E-state index < -0.39 is 0 Å². The van der Waals surface area contributed by atoms with Gasteiger partial charge in [-0.3, -0.25) is 9.28 Å². The first-order valence-electron chi connectivity index (χ1n) is 9.89. The summed E-state index contributed by atoms with van der Waals surface area (Å²) in [5, 5.41) is 3.08. The van der Waals surface area contributed by atoms with Crippen LogP contribution >= 0.6 is 0 Å². The van der Waals surface area contributed by atoms with Crippen molar-refractivity contribution in [3.63, 3.8) is 0 Å². The number of allylic oxidation sites excluding steroid dienone is 2. The average molecular weight is 337 g/mol. The lowest BCUT2D eigenvalue weighted by Gasteiger charge is -2.39. The molecule has 0 aliphatic carbocycles. The van der Waals surface area contributed by atoms with Gasteiger partial charge in [0.15, 0.2) is 12.0 Å². The molecule has 1 rings (SSSR count). The Morgan fingerprint density at radius 2 is 1.92 bits per heavy atom. The minimum atomic E-state index is 0.0441. The molecule has 0 radical (unpaired) electrons. The van der Waals surface area contributed by atoms with Gasteiger partial charge in [-0.25, -0.2) is 4.99 Å².